The molecule has 0 spiro atoms. The summed E-state index contributed by atoms with van der Waals surface area (Å²) < 4.78 is 4.94. The lowest BCUT2D eigenvalue weighted by molar-refractivity contribution is -0.143. The second-order valence-corrected chi connectivity index (χ2v) is 8.23. The summed E-state index contributed by atoms with van der Waals surface area (Å²) in [5.74, 6) is -0.0417. The molecule has 2 heteroatoms. The molecule has 0 radical (unpaired) electrons. The van der Waals surface area contributed by atoms with Crippen LogP contribution in [0.5, 0.6) is 0 Å². The molecule has 32 heavy (non-hydrogen) atoms. The first kappa shape index (κ1) is 30.2. The van der Waals surface area contributed by atoms with Gasteiger partial charge in [0, 0.05) is 6.42 Å². The average molecular weight is 443 g/mol. The van der Waals surface area contributed by atoms with Crippen molar-refractivity contribution in [3.05, 3.63) is 60.8 Å². The van der Waals surface area contributed by atoms with E-state index < -0.39 is 0 Å². The molecule has 0 saturated heterocycles. The highest BCUT2D eigenvalue weighted by molar-refractivity contribution is 5.69. The van der Waals surface area contributed by atoms with Gasteiger partial charge in [0.2, 0.25) is 0 Å². The lowest BCUT2D eigenvalue weighted by atomic mass is 10.1. The van der Waals surface area contributed by atoms with Crippen LogP contribution in [0.3, 0.4) is 0 Å². The summed E-state index contributed by atoms with van der Waals surface area (Å²) in [6, 6.07) is 0. The highest BCUT2D eigenvalue weighted by Crippen LogP contribution is 2.12. The number of carbonyl (C=O) groups excluding carboxylic acids is 1. The quantitative estimate of drug-likeness (QED) is 0.0947. The molecule has 0 amide bonds. The minimum Gasteiger partial charge on any atom is -0.466 e. The Balaban J connectivity index is 3.32. The van der Waals surface area contributed by atoms with E-state index >= 15 is 0 Å². The molecule has 0 aromatic carbocycles. The van der Waals surface area contributed by atoms with Crippen LogP contribution >= 0.6 is 0 Å². The standard InChI is InChI=1S/C30H50O2/c1-3-5-6-7-8-9-10-11-12-13-14-15-16-17-18-19-20-21-22-23-24-25-26-27-28-29-30(31)32-4-2/h5-6,8-9,11-12,14-15,17-18H,3-4,7,10,13,16,19-29H2,1-2H3. The minimum absolute atomic E-state index is 0.0417. The fraction of sp³-hybridized carbons (Fsp3) is 0.633. The van der Waals surface area contributed by atoms with Crippen molar-refractivity contribution in [1.82, 2.24) is 0 Å². The first-order valence-electron chi connectivity index (χ1n) is 13.2. The molecule has 0 aliphatic heterocycles. The topological polar surface area (TPSA) is 26.3 Å². The van der Waals surface area contributed by atoms with Gasteiger partial charge in [0.15, 0.2) is 0 Å². The fourth-order valence-corrected chi connectivity index (χ4v) is 3.37. The smallest absolute Gasteiger partial charge is 0.305 e. The van der Waals surface area contributed by atoms with E-state index in [1.54, 1.807) is 0 Å². The molecule has 0 fully saturated rings. The van der Waals surface area contributed by atoms with Gasteiger partial charge in [0.1, 0.15) is 0 Å². The third-order valence-electron chi connectivity index (χ3n) is 5.21. The van der Waals surface area contributed by atoms with Gasteiger partial charge in [-0.15, -0.1) is 0 Å². The zero-order chi connectivity index (χ0) is 23.4. The maximum absolute atomic E-state index is 11.2. The Morgan fingerprint density at radius 3 is 1.41 bits per heavy atom. The normalized spacial score (nSPS) is 12.4. The molecule has 0 aliphatic carbocycles. The Kier molecular flexibility index (Phi) is 25.6. The van der Waals surface area contributed by atoms with Crippen molar-refractivity contribution >= 4 is 5.97 Å². The molecule has 0 aromatic heterocycles. The zero-order valence-corrected chi connectivity index (χ0v) is 21.1. The van der Waals surface area contributed by atoms with Gasteiger partial charge in [0.05, 0.1) is 6.61 Å². The summed E-state index contributed by atoms with van der Waals surface area (Å²) in [4.78, 5) is 11.2. The van der Waals surface area contributed by atoms with Gasteiger partial charge in [-0.05, 0) is 58.3 Å². The van der Waals surface area contributed by atoms with E-state index in [0.717, 1.165) is 44.9 Å². The van der Waals surface area contributed by atoms with Crippen LogP contribution in [0.1, 0.15) is 117 Å². The third kappa shape index (κ3) is 26.2. The number of allylic oxidation sites excluding steroid dienone is 10. The van der Waals surface area contributed by atoms with Crippen LogP contribution in [0.15, 0.2) is 60.8 Å². The number of unbranched alkanes of at least 4 members (excludes halogenated alkanes) is 9. The first-order valence-corrected chi connectivity index (χ1v) is 13.2. The van der Waals surface area contributed by atoms with Crippen LogP contribution < -0.4 is 0 Å². The van der Waals surface area contributed by atoms with Gasteiger partial charge >= 0.3 is 5.97 Å². The number of hydrogen-bond donors (Lipinski definition) is 0. The molecule has 0 atom stereocenters. The van der Waals surface area contributed by atoms with Gasteiger partial charge < -0.3 is 4.74 Å². The number of esters is 1. The van der Waals surface area contributed by atoms with Crippen LogP contribution in [-0.2, 0) is 9.53 Å². The molecule has 0 heterocycles. The molecular formula is C30H50O2. The minimum atomic E-state index is -0.0417. The summed E-state index contributed by atoms with van der Waals surface area (Å²) in [7, 11) is 0. The van der Waals surface area contributed by atoms with Crippen molar-refractivity contribution < 1.29 is 9.53 Å². The number of carbonyl (C=O) groups is 1. The van der Waals surface area contributed by atoms with Gasteiger partial charge in [0.25, 0.3) is 0 Å². The van der Waals surface area contributed by atoms with Crippen LogP contribution in [-0.4, -0.2) is 12.6 Å². The van der Waals surface area contributed by atoms with Crippen molar-refractivity contribution in [2.75, 3.05) is 6.61 Å². The number of rotatable bonds is 22. The van der Waals surface area contributed by atoms with Crippen molar-refractivity contribution in [3.8, 4) is 0 Å². The fourth-order valence-electron chi connectivity index (χ4n) is 3.37. The maximum atomic E-state index is 11.2. The largest absolute Gasteiger partial charge is 0.466 e. The maximum Gasteiger partial charge on any atom is 0.305 e. The Labute approximate surface area is 199 Å². The van der Waals surface area contributed by atoms with Gasteiger partial charge in [-0.2, -0.15) is 0 Å². The van der Waals surface area contributed by atoms with E-state index in [2.05, 4.69) is 67.7 Å². The second kappa shape index (κ2) is 27.2. The average Bonchev–Trinajstić information content (AvgIpc) is 2.79. The van der Waals surface area contributed by atoms with E-state index in [1.807, 2.05) is 6.92 Å². The molecule has 0 aromatic rings. The van der Waals surface area contributed by atoms with Gasteiger partial charge in [-0.1, -0.05) is 113 Å². The molecule has 0 N–H and O–H groups in total. The molecule has 0 bridgehead atoms. The SMILES string of the molecule is CCC=CCC=CCC=CCC=CCC=CCCCCCCCCCCCC(=O)OCC. The Bertz CT molecular complexity index is 537. The Hall–Kier alpha value is -1.83. The summed E-state index contributed by atoms with van der Waals surface area (Å²) in [6.45, 7) is 4.53. The van der Waals surface area contributed by atoms with E-state index in [-0.39, 0.29) is 5.97 Å². The van der Waals surface area contributed by atoms with Gasteiger partial charge in [-0.3, -0.25) is 4.79 Å². The summed E-state index contributed by atoms with van der Waals surface area (Å²) in [5, 5.41) is 0. The molecule has 0 aliphatic rings. The molecule has 2 nitrogen and oxygen atoms in total. The van der Waals surface area contributed by atoms with Gasteiger partial charge in [-0.25, -0.2) is 0 Å². The second-order valence-electron chi connectivity index (χ2n) is 8.23. The molecule has 0 saturated carbocycles. The predicted octanol–water partition coefficient (Wildman–Crippen LogP) is 9.59. The zero-order valence-electron chi connectivity index (χ0n) is 21.1. The molecule has 0 rings (SSSR count). The van der Waals surface area contributed by atoms with E-state index in [1.165, 1.54) is 51.4 Å². The number of hydrogen-bond acceptors (Lipinski definition) is 2. The van der Waals surface area contributed by atoms with Crippen molar-refractivity contribution in [3.63, 3.8) is 0 Å². The predicted molar refractivity (Wildman–Crippen MR) is 142 cm³/mol. The van der Waals surface area contributed by atoms with Crippen molar-refractivity contribution in [2.24, 2.45) is 0 Å². The first-order chi connectivity index (χ1) is 15.8. The van der Waals surface area contributed by atoms with Crippen LogP contribution in [0.2, 0.25) is 0 Å². The molecule has 0 unspecified atom stereocenters. The Morgan fingerprint density at radius 2 is 0.938 bits per heavy atom. The molecule has 182 valence electrons. The summed E-state index contributed by atoms with van der Waals surface area (Å²) in [6.07, 6.45) is 41.0. The van der Waals surface area contributed by atoms with Crippen LogP contribution in [0.25, 0.3) is 0 Å². The van der Waals surface area contributed by atoms with E-state index in [0.29, 0.717) is 13.0 Å². The van der Waals surface area contributed by atoms with Crippen LogP contribution in [0, 0.1) is 0 Å². The Morgan fingerprint density at radius 1 is 0.531 bits per heavy atom. The highest BCUT2D eigenvalue weighted by Gasteiger charge is 2.00. The van der Waals surface area contributed by atoms with Crippen LogP contribution in [0.4, 0.5) is 0 Å². The number of ether oxygens (including phenoxy) is 1. The van der Waals surface area contributed by atoms with E-state index in [4.69, 9.17) is 4.74 Å². The molecular weight excluding hydrogens is 392 g/mol. The summed E-state index contributed by atoms with van der Waals surface area (Å²) >= 11 is 0. The van der Waals surface area contributed by atoms with E-state index in [9.17, 15) is 4.79 Å². The van der Waals surface area contributed by atoms with Crippen molar-refractivity contribution in [2.45, 2.75) is 117 Å². The monoisotopic (exact) mass is 442 g/mol. The third-order valence-corrected chi connectivity index (χ3v) is 5.21. The lowest BCUT2D eigenvalue weighted by Crippen LogP contribution is -2.03. The summed E-state index contributed by atoms with van der Waals surface area (Å²) in [5.41, 5.74) is 0. The van der Waals surface area contributed by atoms with Crippen molar-refractivity contribution in [1.29, 1.82) is 0 Å². The highest BCUT2D eigenvalue weighted by atomic mass is 16.5. The lowest BCUT2D eigenvalue weighted by Gasteiger charge is -2.03.